The van der Waals surface area contributed by atoms with Gasteiger partial charge in [0.2, 0.25) is 5.91 Å². The van der Waals surface area contributed by atoms with E-state index in [0.29, 0.717) is 24.5 Å². The number of hydrogen-bond acceptors (Lipinski definition) is 3. The summed E-state index contributed by atoms with van der Waals surface area (Å²) in [5, 5.41) is 2.72. The average Bonchev–Trinajstić information content (AvgIpc) is 3.29. The van der Waals surface area contributed by atoms with Crippen LogP contribution in [0, 0.1) is 18.8 Å². The smallest absolute Gasteiger partial charge is 0.252 e. The zero-order chi connectivity index (χ0) is 17.0. The van der Waals surface area contributed by atoms with Gasteiger partial charge in [-0.1, -0.05) is 19.9 Å². The van der Waals surface area contributed by atoms with Gasteiger partial charge in [0.15, 0.2) is 0 Å². The van der Waals surface area contributed by atoms with Crippen LogP contribution in [-0.2, 0) is 4.79 Å². The van der Waals surface area contributed by atoms with Crippen molar-refractivity contribution in [2.75, 3.05) is 6.61 Å². The van der Waals surface area contributed by atoms with E-state index in [2.05, 4.69) is 5.32 Å². The van der Waals surface area contributed by atoms with Crippen LogP contribution in [0.4, 0.5) is 0 Å². The third-order valence-corrected chi connectivity index (χ3v) is 3.98. The summed E-state index contributed by atoms with van der Waals surface area (Å²) in [5.74, 6) is 0.833. The van der Waals surface area contributed by atoms with Gasteiger partial charge in [0.1, 0.15) is 11.8 Å². The molecule has 2 amide bonds. The number of benzene rings is 1. The molecule has 1 saturated carbocycles. The molecule has 5 nitrogen and oxygen atoms in total. The first-order valence-electron chi connectivity index (χ1n) is 8.20. The molecule has 0 radical (unpaired) electrons. The molecule has 3 N–H and O–H groups in total. The van der Waals surface area contributed by atoms with Gasteiger partial charge in [-0.3, -0.25) is 9.59 Å². The third kappa shape index (κ3) is 5.27. The number of carbonyl (C=O) groups excluding carboxylic acids is 2. The first-order chi connectivity index (χ1) is 10.9. The molecule has 23 heavy (non-hydrogen) atoms. The lowest BCUT2D eigenvalue weighted by Gasteiger charge is -2.18. The molecule has 1 aromatic carbocycles. The minimum atomic E-state index is -0.653. The van der Waals surface area contributed by atoms with Gasteiger partial charge in [-0.05, 0) is 55.7 Å². The molecule has 1 aliphatic rings. The van der Waals surface area contributed by atoms with Crippen molar-refractivity contribution < 1.29 is 14.3 Å². The summed E-state index contributed by atoms with van der Waals surface area (Å²) in [4.78, 5) is 23.9. The standard InChI is InChI=1S/C18H26N2O3/c1-11(2)8-15(17(19)21)20-18(22)14-7-4-12(3)16(9-14)23-10-13-5-6-13/h4,7,9,11,13,15H,5-6,8,10H2,1-3H3,(H2,19,21)(H,20,22). The number of ether oxygens (including phenoxy) is 1. The maximum atomic E-state index is 12.4. The lowest BCUT2D eigenvalue weighted by atomic mass is 10.0. The Morgan fingerprint density at radius 1 is 1.35 bits per heavy atom. The number of amides is 2. The average molecular weight is 318 g/mol. The van der Waals surface area contributed by atoms with Crippen molar-refractivity contribution in [3.63, 3.8) is 0 Å². The van der Waals surface area contributed by atoms with Crippen LogP contribution < -0.4 is 15.8 Å². The molecule has 2 rings (SSSR count). The number of rotatable bonds is 8. The molecule has 5 heteroatoms. The first-order valence-corrected chi connectivity index (χ1v) is 8.20. The number of nitrogens with two attached hydrogens (primary N) is 1. The summed E-state index contributed by atoms with van der Waals surface area (Å²) in [5.41, 5.74) is 6.85. The maximum Gasteiger partial charge on any atom is 0.252 e. The van der Waals surface area contributed by atoms with Crippen LogP contribution >= 0.6 is 0 Å². The molecule has 0 bridgehead atoms. The Kier molecular flexibility index (Phi) is 5.64. The molecule has 0 spiro atoms. The Morgan fingerprint density at radius 2 is 2.04 bits per heavy atom. The van der Waals surface area contributed by atoms with Gasteiger partial charge in [-0.2, -0.15) is 0 Å². The van der Waals surface area contributed by atoms with Crippen LogP contribution in [0.1, 0.15) is 49.0 Å². The van der Waals surface area contributed by atoms with Gasteiger partial charge in [0.05, 0.1) is 6.61 Å². The van der Waals surface area contributed by atoms with Crippen LogP contribution in [-0.4, -0.2) is 24.5 Å². The molecule has 1 unspecified atom stereocenters. The summed E-state index contributed by atoms with van der Waals surface area (Å²) in [6, 6.07) is 4.68. The summed E-state index contributed by atoms with van der Waals surface area (Å²) < 4.78 is 5.80. The van der Waals surface area contributed by atoms with Crippen molar-refractivity contribution in [2.45, 2.75) is 46.1 Å². The molecular weight excluding hydrogens is 292 g/mol. The SMILES string of the molecule is Cc1ccc(C(=O)NC(CC(C)C)C(N)=O)cc1OCC1CC1. The van der Waals surface area contributed by atoms with Gasteiger partial charge in [-0.25, -0.2) is 0 Å². The van der Waals surface area contributed by atoms with Crippen LogP contribution in [0.2, 0.25) is 0 Å². The Bertz CT molecular complexity index is 580. The number of nitrogens with one attached hydrogen (secondary N) is 1. The zero-order valence-electron chi connectivity index (χ0n) is 14.1. The van der Waals surface area contributed by atoms with Crippen molar-refractivity contribution in [1.29, 1.82) is 0 Å². The quantitative estimate of drug-likeness (QED) is 0.772. The van der Waals surface area contributed by atoms with Gasteiger partial charge in [0.25, 0.3) is 5.91 Å². The van der Waals surface area contributed by atoms with E-state index < -0.39 is 11.9 Å². The highest BCUT2D eigenvalue weighted by molar-refractivity contribution is 5.97. The van der Waals surface area contributed by atoms with Crippen LogP contribution in [0.25, 0.3) is 0 Å². The highest BCUT2D eigenvalue weighted by Gasteiger charge is 2.23. The Hall–Kier alpha value is -2.04. The van der Waals surface area contributed by atoms with Crippen LogP contribution in [0.15, 0.2) is 18.2 Å². The molecule has 0 saturated heterocycles. The summed E-state index contributed by atoms with van der Waals surface area (Å²) in [6.07, 6.45) is 2.96. The lowest BCUT2D eigenvalue weighted by Crippen LogP contribution is -2.45. The number of hydrogen-bond donors (Lipinski definition) is 2. The van der Waals surface area contributed by atoms with Gasteiger partial charge < -0.3 is 15.8 Å². The third-order valence-electron chi connectivity index (χ3n) is 3.98. The Morgan fingerprint density at radius 3 is 2.61 bits per heavy atom. The van der Waals surface area contributed by atoms with Crippen molar-refractivity contribution in [2.24, 2.45) is 17.6 Å². The molecule has 1 aromatic rings. The van der Waals surface area contributed by atoms with E-state index in [4.69, 9.17) is 10.5 Å². The van der Waals surface area contributed by atoms with E-state index in [9.17, 15) is 9.59 Å². The van der Waals surface area contributed by atoms with E-state index in [1.807, 2.05) is 26.8 Å². The fourth-order valence-corrected chi connectivity index (χ4v) is 2.35. The van der Waals surface area contributed by atoms with E-state index in [1.165, 1.54) is 12.8 Å². The predicted octanol–water partition coefficient (Wildman–Crippen LogP) is 2.41. The lowest BCUT2D eigenvalue weighted by molar-refractivity contribution is -0.120. The van der Waals surface area contributed by atoms with Crippen molar-refractivity contribution in [3.8, 4) is 5.75 Å². The largest absolute Gasteiger partial charge is 0.493 e. The minimum Gasteiger partial charge on any atom is -0.493 e. The van der Waals surface area contributed by atoms with E-state index >= 15 is 0 Å². The second-order valence-electron chi connectivity index (χ2n) is 6.79. The topological polar surface area (TPSA) is 81.4 Å². The predicted molar refractivity (Wildman–Crippen MR) is 89.3 cm³/mol. The van der Waals surface area contributed by atoms with Crippen LogP contribution in [0.3, 0.4) is 0 Å². The fourth-order valence-electron chi connectivity index (χ4n) is 2.35. The highest BCUT2D eigenvalue weighted by Crippen LogP contribution is 2.30. The minimum absolute atomic E-state index is 0.267. The second-order valence-corrected chi connectivity index (χ2v) is 6.79. The normalized spacial score (nSPS) is 15.3. The molecule has 126 valence electrons. The molecular formula is C18H26N2O3. The van der Waals surface area contributed by atoms with Crippen molar-refractivity contribution in [1.82, 2.24) is 5.32 Å². The van der Waals surface area contributed by atoms with E-state index in [1.54, 1.807) is 12.1 Å². The highest BCUT2D eigenvalue weighted by atomic mass is 16.5. The first kappa shape index (κ1) is 17.3. The fraction of sp³-hybridized carbons (Fsp3) is 0.556. The second kappa shape index (κ2) is 7.49. The molecule has 1 atom stereocenters. The number of carbonyl (C=O) groups is 2. The number of aryl methyl sites for hydroxylation is 1. The summed E-state index contributed by atoms with van der Waals surface area (Å²) >= 11 is 0. The van der Waals surface area contributed by atoms with Crippen molar-refractivity contribution >= 4 is 11.8 Å². The van der Waals surface area contributed by atoms with Gasteiger partial charge in [-0.15, -0.1) is 0 Å². The Labute approximate surface area is 137 Å². The Balaban J connectivity index is 2.04. The van der Waals surface area contributed by atoms with E-state index in [-0.39, 0.29) is 11.8 Å². The molecule has 0 aromatic heterocycles. The van der Waals surface area contributed by atoms with Crippen LogP contribution in [0.5, 0.6) is 5.75 Å². The zero-order valence-corrected chi connectivity index (χ0v) is 14.1. The van der Waals surface area contributed by atoms with E-state index in [0.717, 1.165) is 11.3 Å². The van der Waals surface area contributed by atoms with Crippen molar-refractivity contribution in [3.05, 3.63) is 29.3 Å². The molecule has 1 aliphatic carbocycles. The molecule has 1 fully saturated rings. The monoisotopic (exact) mass is 318 g/mol. The summed E-state index contributed by atoms with van der Waals surface area (Å²) in [7, 11) is 0. The maximum absolute atomic E-state index is 12.4. The summed E-state index contributed by atoms with van der Waals surface area (Å²) in [6.45, 7) is 6.62. The molecule has 0 aliphatic heterocycles. The van der Waals surface area contributed by atoms with Gasteiger partial charge in [0, 0.05) is 5.56 Å². The number of primary amides is 1. The molecule has 0 heterocycles. The van der Waals surface area contributed by atoms with Gasteiger partial charge >= 0.3 is 0 Å².